The van der Waals surface area contributed by atoms with Crippen LogP contribution in [0.3, 0.4) is 0 Å². The quantitative estimate of drug-likeness (QED) is 0.515. The molecule has 0 saturated heterocycles. The number of ketones is 1. The molecule has 0 spiro atoms. The highest BCUT2D eigenvalue weighted by Gasteiger charge is 2.70. The first-order valence-corrected chi connectivity index (χ1v) is 12.0. The van der Waals surface area contributed by atoms with Gasteiger partial charge in [0.25, 0.3) is 0 Å². The van der Waals surface area contributed by atoms with Gasteiger partial charge in [-0.25, -0.2) is 4.79 Å². The maximum absolute atomic E-state index is 13.8. The molecule has 0 aromatic rings. The van der Waals surface area contributed by atoms with Crippen LogP contribution >= 0.6 is 0 Å². The third-order valence-corrected chi connectivity index (χ3v) is 8.93. The van der Waals surface area contributed by atoms with Crippen molar-refractivity contribution < 1.29 is 33.7 Å². The Balaban J connectivity index is 1.59. The lowest BCUT2D eigenvalue weighted by molar-refractivity contribution is -0.257. The molecule has 3 fully saturated rings. The van der Waals surface area contributed by atoms with Gasteiger partial charge in [0.2, 0.25) is 0 Å². The summed E-state index contributed by atoms with van der Waals surface area (Å²) < 4.78 is 17.5. The first-order valence-electron chi connectivity index (χ1n) is 12.0. The zero-order valence-corrected chi connectivity index (χ0v) is 18.9. The fourth-order valence-corrected chi connectivity index (χ4v) is 6.97. The zero-order valence-electron chi connectivity index (χ0n) is 18.9. The minimum atomic E-state index is -1.39. The second-order valence-electron chi connectivity index (χ2n) is 10.5. The van der Waals surface area contributed by atoms with Crippen molar-refractivity contribution in [3.05, 3.63) is 23.7 Å². The SMILES string of the molecule is C=C1OC(=O)C2=C1O[C@@H]1[C@@H](OC(=O)C3CCCCC3)C3(O)CCCC[C@H]3[C@](C)(C2=O)[C@@H]1C. The standard InChI is InChI=1S/C25H32O7/c1-13-18-21(32-22(27)15-9-5-4-6-10-15)25(29)12-8-7-11-16(25)24(13,3)20(26)17-19(31-18)14(2)30-23(17)28/h13,15-16,18,21,29H,2,4-12H2,1,3H3/t13-,16+,18+,21-,24-,25?/m1/s1. The Morgan fingerprint density at radius 3 is 2.53 bits per heavy atom. The van der Waals surface area contributed by atoms with Gasteiger partial charge in [-0.2, -0.15) is 0 Å². The predicted octanol–water partition coefficient (Wildman–Crippen LogP) is 3.35. The Morgan fingerprint density at radius 1 is 1.12 bits per heavy atom. The summed E-state index contributed by atoms with van der Waals surface area (Å²) in [5.74, 6) is -2.41. The molecule has 1 N–H and O–H groups in total. The highest BCUT2D eigenvalue weighted by Crippen LogP contribution is 2.60. The van der Waals surface area contributed by atoms with Crippen LogP contribution in [0.15, 0.2) is 23.7 Å². The van der Waals surface area contributed by atoms with E-state index in [9.17, 15) is 19.5 Å². The van der Waals surface area contributed by atoms with Crippen LogP contribution in [0.1, 0.15) is 71.6 Å². The predicted molar refractivity (Wildman–Crippen MR) is 113 cm³/mol. The van der Waals surface area contributed by atoms with Crippen LogP contribution in [-0.2, 0) is 28.6 Å². The fourth-order valence-electron chi connectivity index (χ4n) is 6.97. The number of carbonyl (C=O) groups excluding carboxylic acids is 3. The first kappa shape index (κ1) is 21.7. The van der Waals surface area contributed by atoms with E-state index in [0.29, 0.717) is 12.8 Å². The van der Waals surface area contributed by atoms with E-state index in [-0.39, 0.29) is 40.7 Å². The largest absolute Gasteiger partial charge is 0.481 e. The lowest BCUT2D eigenvalue weighted by atomic mass is 9.48. The summed E-state index contributed by atoms with van der Waals surface area (Å²) in [5.41, 5.74) is -2.57. The second kappa shape index (κ2) is 7.44. The van der Waals surface area contributed by atoms with Gasteiger partial charge in [-0.15, -0.1) is 0 Å². The van der Waals surface area contributed by atoms with E-state index in [2.05, 4.69) is 6.58 Å². The van der Waals surface area contributed by atoms with Gasteiger partial charge in [-0.3, -0.25) is 9.59 Å². The topological polar surface area (TPSA) is 99.1 Å². The Morgan fingerprint density at radius 2 is 1.81 bits per heavy atom. The van der Waals surface area contributed by atoms with E-state index >= 15 is 0 Å². The first-order chi connectivity index (χ1) is 15.2. The number of carbonyl (C=O) groups is 3. The molecular formula is C25H32O7. The molecule has 174 valence electrons. The second-order valence-corrected chi connectivity index (χ2v) is 10.5. The molecule has 3 saturated carbocycles. The molecule has 5 rings (SSSR count). The fraction of sp³-hybridized carbons (Fsp3) is 0.720. The van der Waals surface area contributed by atoms with Crippen LogP contribution in [0.4, 0.5) is 0 Å². The van der Waals surface area contributed by atoms with Crippen molar-refractivity contribution in [1.29, 1.82) is 0 Å². The highest BCUT2D eigenvalue weighted by atomic mass is 16.6. The number of aliphatic hydroxyl groups is 1. The number of cyclic esters (lactones) is 1. The zero-order chi connectivity index (χ0) is 22.8. The van der Waals surface area contributed by atoms with Crippen LogP contribution < -0.4 is 0 Å². The smallest absolute Gasteiger partial charge is 0.351 e. The Hall–Kier alpha value is -2.15. The number of Topliss-reactive ketones (excluding diaryl/α,β-unsaturated/α-hetero) is 1. The molecule has 2 bridgehead atoms. The summed E-state index contributed by atoms with van der Waals surface area (Å²) in [5, 5.41) is 12.1. The molecule has 6 atom stereocenters. The van der Waals surface area contributed by atoms with Crippen molar-refractivity contribution in [3.63, 3.8) is 0 Å². The third-order valence-electron chi connectivity index (χ3n) is 8.93. The maximum Gasteiger partial charge on any atom is 0.351 e. The summed E-state index contributed by atoms with van der Waals surface area (Å²) in [6, 6.07) is 0. The normalized spacial score (nSPS) is 41.9. The average molecular weight is 445 g/mol. The number of esters is 2. The molecular weight excluding hydrogens is 412 g/mol. The third kappa shape index (κ3) is 2.86. The summed E-state index contributed by atoms with van der Waals surface area (Å²) in [6.45, 7) is 7.46. The molecule has 7 nitrogen and oxygen atoms in total. The molecule has 2 aliphatic heterocycles. The molecule has 3 aliphatic carbocycles. The van der Waals surface area contributed by atoms with Crippen LogP contribution in [-0.4, -0.2) is 40.6 Å². The minimum absolute atomic E-state index is 0.00554. The molecule has 32 heavy (non-hydrogen) atoms. The van der Waals surface area contributed by atoms with Gasteiger partial charge in [0, 0.05) is 17.3 Å². The molecule has 1 unspecified atom stereocenters. The van der Waals surface area contributed by atoms with Gasteiger partial charge in [0.05, 0.1) is 5.92 Å². The Kier molecular flexibility index (Phi) is 5.04. The van der Waals surface area contributed by atoms with Crippen molar-refractivity contribution >= 4 is 17.7 Å². The van der Waals surface area contributed by atoms with Crippen molar-refractivity contribution in [2.24, 2.45) is 23.2 Å². The number of ether oxygens (including phenoxy) is 3. The lowest BCUT2D eigenvalue weighted by Crippen LogP contribution is -2.70. The Labute approximate surface area is 188 Å². The van der Waals surface area contributed by atoms with Gasteiger partial charge in [0.15, 0.2) is 23.4 Å². The molecule has 2 heterocycles. The van der Waals surface area contributed by atoms with E-state index in [1.165, 1.54) is 0 Å². The van der Waals surface area contributed by atoms with Crippen molar-refractivity contribution in [2.75, 3.05) is 0 Å². The van der Waals surface area contributed by atoms with Crippen LogP contribution in [0.25, 0.3) is 0 Å². The van der Waals surface area contributed by atoms with Crippen LogP contribution in [0.5, 0.6) is 0 Å². The summed E-state index contributed by atoms with van der Waals surface area (Å²) in [6.07, 6.45) is 5.66. The number of fused-ring (bicyclic) bond motifs is 4. The van der Waals surface area contributed by atoms with E-state index in [1.807, 2.05) is 13.8 Å². The maximum atomic E-state index is 13.8. The summed E-state index contributed by atoms with van der Waals surface area (Å²) in [4.78, 5) is 39.5. The molecule has 7 heteroatoms. The molecule has 5 aliphatic rings. The molecule has 0 aromatic heterocycles. The van der Waals surface area contributed by atoms with E-state index < -0.39 is 35.1 Å². The average Bonchev–Trinajstić information content (AvgIpc) is 3.03. The van der Waals surface area contributed by atoms with Crippen molar-refractivity contribution in [3.8, 4) is 0 Å². The van der Waals surface area contributed by atoms with E-state index in [0.717, 1.165) is 44.9 Å². The lowest BCUT2D eigenvalue weighted by Gasteiger charge is -2.59. The number of hydrogen-bond acceptors (Lipinski definition) is 7. The van der Waals surface area contributed by atoms with Gasteiger partial charge in [-0.1, -0.05) is 52.5 Å². The van der Waals surface area contributed by atoms with Gasteiger partial charge in [0.1, 0.15) is 17.3 Å². The van der Waals surface area contributed by atoms with Gasteiger partial charge < -0.3 is 19.3 Å². The number of rotatable bonds is 2. The summed E-state index contributed by atoms with van der Waals surface area (Å²) >= 11 is 0. The molecule has 0 radical (unpaired) electrons. The van der Waals surface area contributed by atoms with E-state index in [4.69, 9.17) is 14.2 Å². The minimum Gasteiger partial charge on any atom is -0.481 e. The Bertz CT molecular complexity index is 913. The van der Waals surface area contributed by atoms with Crippen molar-refractivity contribution in [2.45, 2.75) is 89.4 Å². The monoisotopic (exact) mass is 444 g/mol. The van der Waals surface area contributed by atoms with Gasteiger partial charge >= 0.3 is 11.9 Å². The summed E-state index contributed by atoms with van der Waals surface area (Å²) in [7, 11) is 0. The van der Waals surface area contributed by atoms with E-state index in [1.54, 1.807) is 0 Å². The highest BCUT2D eigenvalue weighted by molar-refractivity contribution is 6.22. The molecule has 0 amide bonds. The van der Waals surface area contributed by atoms with Crippen molar-refractivity contribution in [1.82, 2.24) is 0 Å². The number of hydrogen-bond donors (Lipinski definition) is 1. The molecule has 0 aromatic carbocycles. The van der Waals surface area contributed by atoms with Gasteiger partial charge in [-0.05, 0) is 25.7 Å². The van der Waals surface area contributed by atoms with Crippen LogP contribution in [0, 0.1) is 23.2 Å². The van der Waals surface area contributed by atoms with Crippen LogP contribution in [0.2, 0.25) is 0 Å².